The van der Waals surface area contributed by atoms with Gasteiger partial charge in [-0.1, -0.05) is 6.92 Å². The molecule has 0 aliphatic carbocycles. The molecule has 4 heteroatoms. The molecule has 1 fully saturated rings. The van der Waals surface area contributed by atoms with E-state index in [9.17, 15) is 4.79 Å². The van der Waals surface area contributed by atoms with Crippen molar-refractivity contribution in [3.8, 4) is 5.75 Å². The van der Waals surface area contributed by atoms with Gasteiger partial charge in [-0.15, -0.1) is 0 Å². The molecule has 0 spiro atoms. The number of ether oxygens (including phenoxy) is 1. The van der Waals surface area contributed by atoms with Crippen molar-refractivity contribution in [2.75, 3.05) is 46.4 Å². The highest BCUT2D eigenvalue weighted by atomic mass is 16.5. The number of hydrogen-bond donors (Lipinski definition) is 0. The Labute approximate surface area is 127 Å². The van der Waals surface area contributed by atoms with E-state index in [2.05, 4.69) is 16.8 Å². The number of rotatable bonds is 6. The first-order valence-electron chi connectivity index (χ1n) is 7.78. The molecule has 1 atom stereocenters. The summed E-state index contributed by atoms with van der Waals surface area (Å²) < 4.78 is 5.41. The van der Waals surface area contributed by atoms with Crippen molar-refractivity contribution in [1.82, 2.24) is 9.80 Å². The largest absolute Gasteiger partial charge is 0.494 e. The molecule has 0 bridgehead atoms. The average molecular weight is 290 g/mol. The van der Waals surface area contributed by atoms with Gasteiger partial charge in [0, 0.05) is 44.2 Å². The number of hydrogen-bond acceptors (Lipinski definition) is 4. The number of benzene rings is 1. The van der Waals surface area contributed by atoms with Crippen LogP contribution in [0.4, 0.5) is 0 Å². The van der Waals surface area contributed by atoms with E-state index in [1.165, 1.54) is 0 Å². The van der Waals surface area contributed by atoms with E-state index < -0.39 is 0 Å². The Morgan fingerprint density at radius 1 is 1.19 bits per heavy atom. The topological polar surface area (TPSA) is 32.8 Å². The van der Waals surface area contributed by atoms with E-state index in [4.69, 9.17) is 4.74 Å². The second kappa shape index (κ2) is 7.57. The summed E-state index contributed by atoms with van der Waals surface area (Å²) in [5.41, 5.74) is 0.778. The number of carbonyl (C=O) groups is 1. The van der Waals surface area contributed by atoms with Gasteiger partial charge in [-0.2, -0.15) is 0 Å². The number of piperazine rings is 1. The Hall–Kier alpha value is -1.39. The van der Waals surface area contributed by atoms with Crippen molar-refractivity contribution in [2.45, 2.75) is 13.8 Å². The Kier molecular flexibility index (Phi) is 5.76. The fraction of sp³-hybridized carbons (Fsp3) is 0.588. The Bertz CT molecular complexity index is 450. The summed E-state index contributed by atoms with van der Waals surface area (Å²) in [6, 6.07) is 7.49. The molecule has 21 heavy (non-hydrogen) atoms. The molecule has 1 aromatic carbocycles. The quantitative estimate of drug-likeness (QED) is 0.752. The van der Waals surface area contributed by atoms with Crippen LogP contribution in [0.3, 0.4) is 0 Å². The molecule has 1 saturated heterocycles. The first kappa shape index (κ1) is 16.0. The lowest BCUT2D eigenvalue weighted by Gasteiger charge is -2.33. The zero-order chi connectivity index (χ0) is 15.2. The molecule has 1 aliphatic heterocycles. The molecular weight excluding hydrogens is 264 g/mol. The lowest BCUT2D eigenvalue weighted by Crippen LogP contribution is -2.46. The number of carbonyl (C=O) groups excluding carboxylic acids is 1. The van der Waals surface area contributed by atoms with Gasteiger partial charge < -0.3 is 14.5 Å². The van der Waals surface area contributed by atoms with Crippen LogP contribution in [0.5, 0.6) is 5.75 Å². The van der Waals surface area contributed by atoms with E-state index >= 15 is 0 Å². The third-order valence-electron chi connectivity index (χ3n) is 4.03. The average Bonchev–Trinajstić information content (AvgIpc) is 2.50. The van der Waals surface area contributed by atoms with Crippen molar-refractivity contribution in [3.05, 3.63) is 29.8 Å². The van der Waals surface area contributed by atoms with Gasteiger partial charge in [-0.05, 0) is 38.2 Å². The van der Waals surface area contributed by atoms with Gasteiger partial charge in [0.25, 0.3) is 0 Å². The smallest absolute Gasteiger partial charge is 0.166 e. The van der Waals surface area contributed by atoms with Crippen LogP contribution in [-0.4, -0.2) is 62.0 Å². The number of likely N-dealkylation sites (N-methyl/N-ethyl adjacent to an activating group) is 1. The molecule has 1 aliphatic rings. The highest BCUT2D eigenvalue weighted by Gasteiger charge is 2.21. The summed E-state index contributed by atoms with van der Waals surface area (Å²) >= 11 is 0. The lowest BCUT2D eigenvalue weighted by molar-refractivity contribution is 0.0854. The van der Waals surface area contributed by atoms with Gasteiger partial charge >= 0.3 is 0 Å². The van der Waals surface area contributed by atoms with Gasteiger partial charge in [0.2, 0.25) is 0 Å². The third-order valence-corrected chi connectivity index (χ3v) is 4.03. The molecule has 0 amide bonds. The van der Waals surface area contributed by atoms with Crippen LogP contribution in [0.2, 0.25) is 0 Å². The van der Waals surface area contributed by atoms with Crippen LogP contribution >= 0.6 is 0 Å². The molecule has 0 radical (unpaired) electrons. The van der Waals surface area contributed by atoms with Crippen molar-refractivity contribution < 1.29 is 9.53 Å². The van der Waals surface area contributed by atoms with Crippen LogP contribution in [0.25, 0.3) is 0 Å². The maximum absolute atomic E-state index is 12.5. The number of nitrogens with zero attached hydrogens (tertiary/aromatic N) is 2. The molecule has 1 aromatic rings. The van der Waals surface area contributed by atoms with Crippen LogP contribution < -0.4 is 4.74 Å². The molecule has 1 heterocycles. The van der Waals surface area contributed by atoms with Crippen molar-refractivity contribution in [1.29, 1.82) is 0 Å². The second-order valence-corrected chi connectivity index (χ2v) is 5.83. The second-order valence-electron chi connectivity index (χ2n) is 5.83. The first-order chi connectivity index (χ1) is 10.1. The molecule has 0 unspecified atom stereocenters. The zero-order valence-electron chi connectivity index (χ0n) is 13.3. The summed E-state index contributed by atoms with van der Waals surface area (Å²) in [5.74, 6) is 1.07. The van der Waals surface area contributed by atoms with E-state index in [0.29, 0.717) is 6.61 Å². The molecule has 2 rings (SSSR count). The SMILES string of the molecule is CCOc1ccc(C(=O)[C@H](C)CN2CCN(C)CC2)cc1. The van der Waals surface area contributed by atoms with Crippen LogP contribution in [0.15, 0.2) is 24.3 Å². The summed E-state index contributed by atoms with van der Waals surface area (Å²) in [5, 5.41) is 0. The maximum atomic E-state index is 12.5. The summed E-state index contributed by atoms with van der Waals surface area (Å²) in [6.45, 7) is 9.75. The summed E-state index contributed by atoms with van der Waals surface area (Å²) in [6.07, 6.45) is 0. The fourth-order valence-electron chi connectivity index (χ4n) is 2.67. The van der Waals surface area contributed by atoms with E-state index in [-0.39, 0.29) is 11.7 Å². The highest BCUT2D eigenvalue weighted by Crippen LogP contribution is 2.16. The van der Waals surface area contributed by atoms with Gasteiger partial charge in [-0.25, -0.2) is 0 Å². The monoisotopic (exact) mass is 290 g/mol. The van der Waals surface area contributed by atoms with Gasteiger partial charge in [0.05, 0.1) is 6.61 Å². The van der Waals surface area contributed by atoms with Crippen LogP contribution in [-0.2, 0) is 0 Å². The zero-order valence-corrected chi connectivity index (χ0v) is 13.3. The minimum Gasteiger partial charge on any atom is -0.494 e. The first-order valence-corrected chi connectivity index (χ1v) is 7.78. The lowest BCUT2D eigenvalue weighted by atomic mass is 9.98. The van der Waals surface area contributed by atoms with Gasteiger partial charge in [-0.3, -0.25) is 4.79 Å². The predicted octanol–water partition coefficient (Wildman–Crippen LogP) is 2.15. The van der Waals surface area contributed by atoms with Crippen molar-refractivity contribution in [2.24, 2.45) is 5.92 Å². The minimum atomic E-state index is 0.0337. The van der Waals surface area contributed by atoms with E-state index in [1.54, 1.807) is 0 Å². The fourth-order valence-corrected chi connectivity index (χ4v) is 2.67. The van der Waals surface area contributed by atoms with Gasteiger partial charge in [0.1, 0.15) is 5.75 Å². The maximum Gasteiger partial charge on any atom is 0.166 e. The summed E-state index contributed by atoms with van der Waals surface area (Å²) in [4.78, 5) is 17.2. The molecule has 4 nitrogen and oxygen atoms in total. The molecule has 116 valence electrons. The van der Waals surface area contributed by atoms with Crippen molar-refractivity contribution >= 4 is 5.78 Å². The minimum absolute atomic E-state index is 0.0337. The Balaban J connectivity index is 1.89. The molecule has 0 N–H and O–H groups in total. The number of Topliss-reactive ketones (excluding diaryl/α,β-unsaturated/α-hetero) is 1. The van der Waals surface area contributed by atoms with Gasteiger partial charge in [0.15, 0.2) is 5.78 Å². The molecular formula is C17H26N2O2. The van der Waals surface area contributed by atoms with E-state index in [1.807, 2.05) is 38.1 Å². The summed E-state index contributed by atoms with van der Waals surface area (Å²) in [7, 11) is 2.14. The highest BCUT2D eigenvalue weighted by molar-refractivity contribution is 5.97. The predicted molar refractivity (Wildman–Crippen MR) is 85.0 cm³/mol. The molecule has 0 saturated carbocycles. The van der Waals surface area contributed by atoms with Crippen LogP contribution in [0.1, 0.15) is 24.2 Å². The Morgan fingerprint density at radius 2 is 1.81 bits per heavy atom. The number of ketones is 1. The third kappa shape index (κ3) is 4.55. The van der Waals surface area contributed by atoms with E-state index in [0.717, 1.165) is 44.0 Å². The Morgan fingerprint density at radius 3 is 2.38 bits per heavy atom. The van der Waals surface area contributed by atoms with Crippen LogP contribution in [0, 0.1) is 5.92 Å². The normalized spacial score (nSPS) is 18.4. The molecule has 0 aromatic heterocycles. The van der Waals surface area contributed by atoms with Crippen molar-refractivity contribution in [3.63, 3.8) is 0 Å². The standard InChI is InChI=1S/C17H26N2O2/c1-4-21-16-7-5-15(6-8-16)17(20)14(2)13-19-11-9-18(3)10-12-19/h5-8,14H,4,9-13H2,1-3H3/t14-/m1/s1.